The highest BCUT2D eigenvalue weighted by molar-refractivity contribution is 7.11. The summed E-state index contributed by atoms with van der Waals surface area (Å²) in [6.07, 6.45) is 1.75. The van der Waals surface area contributed by atoms with Gasteiger partial charge in [-0.2, -0.15) is 4.98 Å². The van der Waals surface area contributed by atoms with Crippen LogP contribution in [0.3, 0.4) is 0 Å². The smallest absolute Gasteiger partial charge is 0.258 e. The molecular formula is C16H18N4OS. The van der Waals surface area contributed by atoms with Crippen molar-refractivity contribution in [1.29, 1.82) is 0 Å². The van der Waals surface area contributed by atoms with E-state index in [0.29, 0.717) is 5.89 Å². The van der Waals surface area contributed by atoms with Gasteiger partial charge in [0.15, 0.2) is 5.82 Å². The van der Waals surface area contributed by atoms with Gasteiger partial charge in [0, 0.05) is 27.4 Å². The van der Waals surface area contributed by atoms with Gasteiger partial charge in [0.05, 0.1) is 6.54 Å². The molecule has 3 rings (SSSR count). The van der Waals surface area contributed by atoms with E-state index in [2.05, 4.69) is 39.5 Å². The van der Waals surface area contributed by atoms with Crippen molar-refractivity contribution < 1.29 is 4.52 Å². The van der Waals surface area contributed by atoms with Crippen molar-refractivity contribution in [2.75, 3.05) is 5.32 Å². The second-order valence-electron chi connectivity index (χ2n) is 5.41. The summed E-state index contributed by atoms with van der Waals surface area (Å²) >= 11 is 1.78. The molecule has 114 valence electrons. The summed E-state index contributed by atoms with van der Waals surface area (Å²) in [4.78, 5) is 11.3. The van der Waals surface area contributed by atoms with Crippen LogP contribution in [0.5, 0.6) is 0 Å². The quantitative estimate of drug-likeness (QED) is 0.763. The topological polar surface area (TPSA) is 63.8 Å². The molecule has 0 fully saturated rings. The van der Waals surface area contributed by atoms with Gasteiger partial charge in [-0.15, -0.1) is 11.3 Å². The van der Waals surface area contributed by atoms with E-state index in [4.69, 9.17) is 4.52 Å². The average Bonchev–Trinajstić information content (AvgIpc) is 3.14. The molecule has 0 aliphatic carbocycles. The van der Waals surface area contributed by atoms with E-state index in [1.165, 1.54) is 9.75 Å². The molecular weight excluding hydrogens is 296 g/mol. The Morgan fingerprint density at radius 3 is 2.82 bits per heavy atom. The lowest BCUT2D eigenvalue weighted by molar-refractivity contribution is 0.419. The summed E-state index contributed by atoms with van der Waals surface area (Å²) in [5.74, 6) is 2.29. The number of aryl methyl sites for hydroxylation is 1. The van der Waals surface area contributed by atoms with Crippen LogP contribution in [-0.2, 0) is 6.54 Å². The SMILES string of the molecule is Cc1ccc(CNc2cc(-c3nc(C(C)C)no3)ccn2)s1. The van der Waals surface area contributed by atoms with Crippen molar-refractivity contribution in [3.05, 3.63) is 46.0 Å². The van der Waals surface area contributed by atoms with Gasteiger partial charge in [0.2, 0.25) is 0 Å². The van der Waals surface area contributed by atoms with E-state index in [1.807, 2.05) is 26.0 Å². The lowest BCUT2D eigenvalue weighted by Crippen LogP contribution is -1.99. The Labute approximate surface area is 133 Å². The molecule has 0 saturated heterocycles. The van der Waals surface area contributed by atoms with Gasteiger partial charge in [0.25, 0.3) is 5.89 Å². The molecule has 0 bridgehead atoms. The number of nitrogens with one attached hydrogen (secondary N) is 1. The van der Waals surface area contributed by atoms with Crippen molar-refractivity contribution in [3.8, 4) is 11.5 Å². The van der Waals surface area contributed by atoms with Crippen molar-refractivity contribution in [1.82, 2.24) is 15.1 Å². The van der Waals surface area contributed by atoms with E-state index in [-0.39, 0.29) is 5.92 Å². The maximum atomic E-state index is 5.32. The highest BCUT2D eigenvalue weighted by Crippen LogP contribution is 2.22. The van der Waals surface area contributed by atoms with Crippen LogP contribution >= 0.6 is 11.3 Å². The Morgan fingerprint density at radius 2 is 2.14 bits per heavy atom. The highest BCUT2D eigenvalue weighted by atomic mass is 32.1. The second kappa shape index (κ2) is 6.27. The number of anilines is 1. The second-order valence-corrected chi connectivity index (χ2v) is 6.78. The lowest BCUT2D eigenvalue weighted by atomic mass is 10.2. The predicted molar refractivity (Wildman–Crippen MR) is 88.0 cm³/mol. The summed E-state index contributed by atoms with van der Waals surface area (Å²) < 4.78 is 5.32. The summed E-state index contributed by atoms with van der Waals surface area (Å²) in [6.45, 7) is 6.94. The zero-order valence-electron chi connectivity index (χ0n) is 12.8. The molecule has 0 saturated carbocycles. The van der Waals surface area contributed by atoms with Gasteiger partial charge in [-0.3, -0.25) is 0 Å². The van der Waals surface area contributed by atoms with Gasteiger partial charge in [-0.25, -0.2) is 4.98 Å². The van der Waals surface area contributed by atoms with Crippen molar-refractivity contribution in [2.24, 2.45) is 0 Å². The van der Waals surface area contributed by atoms with Gasteiger partial charge in [0.1, 0.15) is 5.82 Å². The molecule has 0 aromatic carbocycles. The first-order valence-electron chi connectivity index (χ1n) is 7.21. The Morgan fingerprint density at radius 1 is 1.27 bits per heavy atom. The Bertz CT molecular complexity index is 763. The Hall–Kier alpha value is -2.21. The average molecular weight is 314 g/mol. The molecule has 0 spiro atoms. The Kier molecular flexibility index (Phi) is 4.20. The molecule has 0 atom stereocenters. The summed E-state index contributed by atoms with van der Waals surface area (Å²) in [5, 5.41) is 7.32. The van der Waals surface area contributed by atoms with E-state index < -0.39 is 0 Å². The molecule has 22 heavy (non-hydrogen) atoms. The molecule has 0 unspecified atom stereocenters. The molecule has 3 heterocycles. The number of rotatable bonds is 5. The maximum Gasteiger partial charge on any atom is 0.258 e. The van der Waals surface area contributed by atoms with Crippen LogP contribution in [0.1, 0.15) is 35.3 Å². The fourth-order valence-corrected chi connectivity index (χ4v) is 2.83. The van der Waals surface area contributed by atoms with Crippen molar-refractivity contribution >= 4 is 17.2 Å². The molecule has 1 N–H and O–H groups in total. The van der Waals surface area contributed by atoms with Gasteiger partial charge in [-0.05, 0) is 31.2 Å². The number of nitrogens with zero attached hydrogens (tertiary/aromatic N) is 3. The third-order valence-electron chi connectivity index (χ3n) is 3.20. The first kappa shape index (κ1) is 14.7. The third kappa shape index (κ3) is 3.33. The number of thiophene rings is 1. The number of pyridine rings is 1. The van der Waals surface area contributed by atoms with Gasteiger partial charge >= 0.3 is 0 Å². The van der Waals surface area contributed by atoms with Crippen molar-refractivity contribution in [3.63, 3.8) is 0 Å². The minimum atomic E-state index is 0.249. The molecule has 3 aromatic rings. The summed E-state index contributed by atoms with van der Waals surface area (Å²) in [7, 11) is 0. The Balaban J connectivity index is 1.74. The first-order chi connectivity index (χ1) is 10.6. The van der Waals surface area contributed by atoms with Crippen LogP contribution < -0.4 is 5.32 Å². The fourth-order valence-electron chi connectivity index (χ4n) is 2.00. The molecule has 6 heteroatoms. The monoisotopic (exact) mass is 314 g/mol. The van der Waals surface area contributed by atoms with E-state index in [0.717, 1.165) is 23.8 Å². The van der Waals surface area contributed by atoms with E-state index >= 15 is 0 Å². The largest absolute Gasteiger partial charge is 0.365 e. The molecule has 5 nitrogen and oxygen atoms in total. The van der Waals surface area contributed by atoms with E-state index in [1.54, 1.807) is 17.5 Å². The zero-order valence-corrected chi connectivity index (χ0v) is 13.6. The van der Waals surface area contributed by atoms with Crippen LogP contribution in [-0.4, -0.2) is 15.1 Å². The minimum absolute atomic E-state index is 0.249. The van der Waals surface area contributed by atoms with Crippen LogP contribution in [0.2, 0.25) is 0 Å². The standard InChI is InChI=1S/C16H18N4OS/c1-10(2)15-19-16(21-20-15)12-6-7-17-14(8-12)18-9-13-5-4-11(3)22-13/h4-8,10H,9H2,1-3H3,(H,17,18). The molecule has 0 radical (unpaired) electrons. The molecule has 0 aliphatic heterocycles. The van der Waals surface area contributed by atoms with Crippen LogP contribution in [0.4, 0.5) is 5.82 Å². The highest BCUT2D eigenvalue weighted by Gasteiger charge is 2.12. The predicted octanol–water partition coefficient (Wildman–Crippen LogP) is 4.24. The minimum Gasteiger partial charge on any atom is -0.365 e. The normalized spacial score (nSPS) is 11.1. The van der Waals surface area contributed by atoms with Gasteiger partial charge in [-0.1, -0.05) is 19.0 Å². The fraction of sp³-hybridized carbons (Fsp3) is 0.312. The maximum absolute atomic E-state index is 5.32. The summed E-state index contributed by atoms with van der Waals surface area (Å²) in [5.41, 5.74) is 0.874. The van der Waals surface area contributed by atoms with Gasteiger partial charge < -0.3 is 9.84 Å². The number of aromatic nitrogens is 3. The third-order valence-corrected chi connectivity index (χ3v) is 4.21. The van der Waals surface area contributed by atoms with Crippen molar-refractivity contribution in [2.45, 2.75) is 33.2 Å². The lowest BCUT2D eigenvalue weighted by Gasteiger charge is -2.04. The number of hydrogen-bond donors (Lipinski definition) is 1. The van der Waals surface area contributed by atoms with E-state index in [9.17, 15) is 0 Å². The summed E-state index contributed by atoms with van der Waals surface area (Å²) in [6, 6.07) is 8.05. The molecule has 0 amide bonds. The van der Waals surface area contributed by atoms with Crippen LogP contribution in [0.15, 0.2) is 35.0 Å². The van der Waals surface area contributed by atoms with Crippen LogP contribution in [0.25, 0.3) is 11.5 Å². The van der Waals surface area contributed by atoms with Crippen LogP contribution in [0, 0.1) is 6.92 Å². The zero-order chi connectivity index (χ0) is 15.5. The molecule has 3 aromatic heterocycles. The molecule has 0 aliphatic rings. The first-order valence-corrected chi connectivity index (χ1v) is 8.02. The number of hydrogen-bond acceptors (Lipinski definition) is 6.